The molecule has 0 saturated carbocycles. The lowest BCUT2D eigenvalue weighted by Crippen LogP contribution is -2.54. The first kappa shape index (κ1) is 17.7. The van der Waals surface area contributed by atoms with Crippen molar-refractivity contribution in [3.8, 4) is 0 Å². The maximum atomic E-state index is 12.3. The Morgan fingerprint density at radius 2 is 1.24 bits per heavy atom. The Kier molecular flexibility index (Phi) is 5.57. The van der Waals surface area contributed by atoms with Gasteiger partial charge in [-0.25, -0.2) is 4.79 Å². The quantitative estimate of drug-likeness (QED) is 0.719. The highest BCUT2D eigenvalue weighted by atomic mass is 79.9. The molecule has 3 rings (SSSR count). The molecule has 2 fully saturated rings. The molecule has 2 aliphatic heterocycles. The summed E-state index contributed by atoms with van der Waals surface area (Å²) >= 11 is 3.35. The molecule has 2 aliphatic rings. The molecule has 0 aromatic heterocycles. The van der Waals surface area contributed by atoms with Gasteiger partial charge in [-0.15, -0.1) is 0 Å². The number of rotatable bonds is 1. The van der Waals surface area contributed by atoms with Crippen LogP contribution in [0.25, 0.3) is 0 Å². The lowest BCUT2D eigenvalue weighted by molar-refractivity contribution is -0.152. The van der Waals surface area contributed by atoms with Crippen molar-refractivity contribution < 1.29 is 14.4 Å². The molecule has 0 aliphatic carbocycles. The number of piperazine rings is 1. The van der Waals surface area contributed by atoms with Crippen LogP contribution in [0, 0.1) is 0 Å². The fourth-order valence-corrected chi connectivity index (χ4v) is 3.30. The third-order valence-electron chi connectivity index (χ3n) is 4.53. The van der Waals surface area contributed by atoms with Gasteiger partial charge in [-0.05, 0) is 37.1 Å². The number of anilines is 1. The number of benzene rings is 1. The predicted molar refractivity (Wildman–Crippen MR) is 97.1 cm³/mol. The summed E-state index contributed by atoms with van der Waals surface area (Å²) < 4.78 is 0.945. The van der Waals surface area contributed by atoms with Crippen LogP contribution in [0.1, 0.15) is 12.8 Å². The van der Waals surface area contributed by atoms with Crippen molar-refractivity contribution >= 4 is 39.5 Å². The van der Waals surface area contributed by atoms with Gasteiger partial charge >= 0.3 is 17.8 Å². The first-order valence-corrected chi connectivity index (χ1v) is 9.23. The van der Waals surface area contributed by atoms with Crippen LogP contribution < -0.4 is 5.32 Å². The lowest BCUT2D eigenvalue weighted by Gasteiger charge is -2.34. The molecule has 8 heteroatoms. The summed E-state index contributed by atoms with van der Waals surface area (Å²) in [5.41, 5.74) is 0.718. The van der Waals surface area contributed by atoms with Gasteiger partial charge in [-0.3, -0.25) is 9.59 Å². The van der Waals surface area contributed by atoms with Crippen molar-refractivity contribution in [3.05, 3.63) is 28.7 Å². The Labute approximate surface area is 155 Å². The van der Waals surface area contributed by atoms with Crippen LogP contribution in [-0.2, 0) is 9.59 Å². The molecule has 0 spiro atoms. The molecule has 0 bridgehead atoms. The molecule has 25 heavy (non-hydrogen) atoms. The molecule has 7 nitrogen and oxygen atoms in total. The first-order valence-electron chi connectivity index (χ1n) is 8.44. The minimum absolute atomic E-state index is 0.194. The number of halogens is 1. The van der Waals surface area contributed by atoms with E-state index in [9.17, 15) is 14.4 Å². The fraction of sp³-hybridized carbons (Fsp3) is 0.471. The Morgan fingerprint density at radius 1 is 0.760 bits per heavy atom. The van der Waals surface area contributed by atoms with Crippen LogP contribution in [0.2, 0.25) is 0 Å². The van der Waals surface area contributed by atoms with Gasteiger partial charge in [0, 0.05) is 49.4 Å². The largest absolute Gasteiger partial charge is 0.334 e. The van der Waals surface area contributed by atoms with Gasteiger partial charge in [0.1, 0.15) is 0 Å². The minimum Gasteiger partial charge on any atom is -0.334 e. The highest BCUT2D eigenvalue weighted by molar-refractivity contribution is 9.10. The number of nitrogens with one attached hydrogen (secondary N) is 1. The zero-order chi connectivity index (χ0) is 17.8. The Morgan fingerprint density at radius 3 is 1.80 bits per heavy atom. The van der Waals surface area contributed by atoms with Crippen molar-refractivity contribution in [2.24, 2.45) is 0 Å². The summed E-state index contributed by atoms with van der Waals surface area (Å²) in [6, 6.07) is 7.15. The lowest BCUT2D eigenvalue weighted by atomic mass is 10.3. The normalized spacial score (nSPS) is 17.6. The van der Waals surface area contributed by atoms with Gasteiger partial charge < -0.3 is 20.0 Å². The third kappa shape index (κ3) is 4.31. The van der Waals surface area contributed by atoms with E-state index in [0.29, 0.717) is 39.3 Å². The van der Waals surface area contributed by atoms with Crippen molar-refractivity contribution in [1.82, 2.24) is 14.7 Å². The summed E-state index contributed by atoms with van der Waals surface area (Å²) in [7, 11) is 0. The van der Waals surface area contributed by atoms with Crippen LogP contribution in [-0.4, -0.2) is 71.8 Å². The van der Waals surface area contributed by atoms with E-state index >= 15 is 0 Å². The second kappa shape index (κ2) is 7.86. The number of carbonyl (C=O) groups excluding carboxylic acids is 3. The average Bonchev–Trinajstić information content (AvgIpc) is 3.17. The van der Waals surface area contributed by atoms with E-state index in [-0.39, 0.29) is 6.03 Å². The van der Waals surface area contributed by atoms with Gasteiger partial charge in [-0.2, -0.15) is 0 Å². The van der Waals surface area contributed by atoms with E-state index < -0.39 is 11.8 Å². The standard InChI is InChI=1S/C17H21BrN4O3/c18-13-3-5-14(6-4-13)19-17(25)22-11-9-21(10-12-22)16(24)15(23)20-7-1-2-8-20/h3-6H,1-2,7-12H2,(H,19,25). The number of hydrogen-bond donors (Lipinski definition) is 1. The van der Waals surface area contributed by atoms with Crippen LogP contribution in [0.3, 0.4) is 0 Å². The molecule has 1 N–H and O–H groups in total. The topological polar surface area (TPSA) is 73.0 Å². The van der Waals surface area contributed by atoms with Crippen LogP contribution in [0.4, 0.5) is 10.5 Å². The molecule has 134 valence electrons. The van der Waals surface area contributed by atoms with Crippen molar-refractivity contribution in [2.75, 3.05) is 44.6 Å². The first-order chi connectivity index (χ1) is 12.0. The van der Waals surface area contributed by atoms with Crippen LogP contribution in [0.5, 0.6) is 0 Å². The average molecular weight is 409 g/mol. The molecule has 4 amide bonds. The minimum atomic E-state index is -0.449. The number of urea groups is 1. The smallest absolute Gasteiger partial charge is 0.321 e. The van der Waals surface area contributed by atoms with Gasteiger partial charge in [0.2, 0.25) is 0 Å². The van der Waals surface area contributed by atoms with E-state index in [1.165, 1.54) is 0 Å². The van der Waals surface area contributed by atoms with Crippen LogP contribution >= 0.6 is 15.9 Å². The molecule has 0 unspecified atom stereocenters. The molecule has 0 atom stereocenters. The van der Waals surface area contributed by atoms with Crippen molar-refractivity contribution in [2.45, 2.75) is 12.8 Å². The maximum absolute atomic E-state index is 12.3. The Hall–Kier alpha value is -2.09. The number of carbonyl (C=O) groups is 3. The van der Waals surface area contributed by atoms with Gasteiger partial charge in [0.25, 0.3) is 0 Å². The van der Waals surface area contributed by atoms with E-state index in [1.54, 1.807) is 14.7 Å². The summed E-state index contributed by atoms with van der Waals surface area (Å²) in [5.74, 6) is -0.861. The highest BCUT2D eigenvalue weighted by Crippen LogP contribution is 2.15. The maximum Gasteiger partial charge on any atom is 0.321 e. The molecule has 1 aromatic rings. The summed E-state index contributed by atoms with van der Waals surface area (Å²) in [5, 5.41) is 2.84. The summed E-state index contributed by atoms with van der Waals surface area (Å²) in [4.78, 5) is 41.6. The molecule has 2 saturated heterocycles. The molecular formula is C17H21BrN4O3. The molecule has 0 radical (unpaired) electrons. The number of amides is 4. The summed E-state index contributed by atoms with van der Waals surface area (Å²) in [6.45, 7) is 2.93. The second-order valence-electron chi connectivity index (χ2n) is 6.22. The monoisotopic (exact) mass is 408 g/mol. The van der Waals surface area contributed by atoms with E-state index in [4.69, 9.17) is 0 Å². The number of hydrogen-bond acceptors (Lipinski definition) is 3. The zero-order valence-corrected chi connectivity index (χ0v) is 15.5. The predicted octanol–water partition coefficient (Wildman–Crippen LogP) is 1.75. The highest BCUT2D eigenvalue weighted by Gasteiger charge is 2.31. The van der Waals surface area contributed by atoms with Crippen LogP contribution in [0.15, 0.2) is 28.7 Å². The van der Waals surface area contributed by atoms with E-state index in [1.807, 2.05) is 24.3 Å². The van der Waals surface area contributed by atoms with Gasteiger partial charge in [0.15, 0.2) is 0 Å². The Bertz CT molecular complexity index is 650. The Balaban J connectivity index is 1.49. The molecule has 2 heterocycles. The molecule has 1 aromatic carbocycles. The SMILES string of the molecule is O=C(Nc1ccc(Br)cc1)N1CCN(C(=O)C(=O)N2CCCC2)CC1. The molecular weight excluding hydrogens is 388 g/mol. The fourth-order valence-electron chi connectivity index (χ4n) is 3.04. The van der Waals surface area contributed by atoms with E-state index in [2.05, 4.69) is 21.2 Å². The van der Waals surface area contributed by atoms with Gasteiger partial charge in [0.05, 0.1) is 0 Å². The summed E-state index contributed by atoms with van der Waals surface area (Å²) in [6.07, 6.45) is 1.92. The second-order valence-corrected chi connectivity index (χ2v) is 7.13. The number of likely N-dealkylation sites (tertiary alicyclic amines) is 1. The van der Waals surface area contributed by atoms with E-state index in [0.717, 1.165) is 23.0 Å². The van der Waals surface area contributed by atoms with Crippen molar-refractivity contribution in [1.29, 1.82) is 0 Å². The zero-order valence-electron chi connectivity index (χ0n) is 13.9. The number of nitrogens with zero attached hydrogens (tertiary/aromatic N) is 3. The van der Waals surface area contributed by atoms with Crippen molar-refractivity contribution in [3.63, 3.8) is 0 Å². The van der Waals surface area contributed by atoms with Gasteiger partial charge in [-0.1, -0.05) is 15.9 Å². The third-order valence-corrected chi connectivity index (χ3v) is 5.05.